The van der Waals surface area contributed by atoms with Crippen molar-refractivity contribution in [2.24, 2.45) is 0 Å². The predicted molar refractivity (Wildman–Crippen MR) is 74.5 cm³/mol. The Morgan fingerprint density at radius 2 is 2.05 bits per heavy atom. The van der Waals surface area contributed by atoms with Crippen LogP contribution in [0.1, 0.15) is 16.1 Å². The zero-order valence-electron chi connectivity index (χ0n) is 10.1. The van der Waals surface area contributed by atoms with E-state index in [1.54, 1.807) is 6.92 Å². The van der Waals surface area contributed by atoms with Gasteiger partial charge in [0.1, 0.15) is 5.02 Å². The van der Waals surface area contributed by atoms with Crippen LogP contribution in [0.5, 0.6) is 0 Å². The molecule has 8 heteroatoms. The van der Waals surface area contributed by atoms with Crippen molar-refractivity contribution in [2.45, 2.75) is 6.92 Å². The number of hydrogen-bond acceptors (Lipinski definition) is 4. The molecule has 1 aromatic heterocycles. The van der Waals surface area contributed by atoms with E-state index in [9.17, 15) is 14.9 Å². The molecule has 1 amide bonds. The first-order valence-corrected chi connectivity index (χ1v) is 6.15. The molecular weight excluding hydrogens is 307 g/mol. The fourth-order valence-corrected chi connectivity index (χ4v) is 1.94. The van der Waals surface area contributed by atoms with E-state index in [0.717, 1.165) is 0 Å². The summed E-state index contributed by atoms with van der Waals surface area (Å²) in [4.78, 5) is 22.0. The average Bonchev–Trinajstić information content (AvgIpc) is 2.79. The highest BCUT2D eigenvalue weighted by atomic mass is 35.5. The third kappa shape index (κ3) is 2.92. The molecule has 0 saturated carbocycles. The van der Waals surface area contributed by atoms with Crippen LogP contribution in [0.2, 0.25) is 10.2 Å². The summed E-state index contributed by atoms with van der Waals surface area (Å²) in [7, 11) is 0. The molecule has 0 atom stereocenters. The molecule has 0 unspecified atom stereocenters. The number of halogens is 2. The maximum Gasteiger partial charge on any atom is 0.291 e. The lowest BCUT2D eigenvalue weighted by Crippen LogP contribution is -2.12. The molecule has 0 fully saturated rings. The fraction of sp³-hybridized carbons (Fsp3) is 0.0833. The first-order valence-electron chi connectivity index (χ1n) is 5.39. The number of carbonyl (C=O) groups is 1. The van der Waals surface area contributed by atoms with Gasteiger partial charge in [-0.3, -0.25) is 14.9 Å². The average molecular weight is 315 g/mol. The number of nitrogens with one attached hydrogen (secondary N) is 1. The van der Waals surface area contributed by atoms with E-state index in [2.05, 4.69) is 5.32 Å². The highest BCUT2D eigenvalue weighted by molar-refractivity contribution is 6.33. The molecule has 0 saturated heterocycles. The quantitative estimate of drug-likeness (QED) is 0.684. The van der Waals surface area contributed by atoms with Gasteiger partial charge in [0.25, 0.3) is 11.6 Å². The number of benzene rings is 1. The van der Waals surface area contributed by atoms with Crippen LogP contribution in [0, 0.1) is 17.0 Å². The Kier molecular flexibility index (Phi) is 3.96. The number of hydrogen-bond donors (Lipinski definition) is 1. The summed E-state index contributed by atoms with van der Waals surface area (Å²) >= 11 is 11.4. The SMILES string of the molecule is Cc1cc([N+](=O)[O-])c(Cl)cc1NC(=O)c1ccc(Cl)o1. The van der Waals surface area contributed by atoms with Gasteiger partial charge in [-0.1, -0.05) is 11.6 Å². The van der Waals surface area contributed by atoms with Crippen LogP contribution >= 0.6 is 23.2 Å². The minimum atomic E-state index is -0.590. The molecule has 1 heterocycles. The Hall–Kier alpha value is -2.05. The van der Waals surface area contributed by atoms with Crippen molar-refractivity contribution < 1.29 is 14.1 Å². The summed E-state index contributed by atoms with van der Waals surface area (Å²) in [5.41, 5.74) is 0.647. The molecule has 2 rings (SSSR count). The van der Waals surface area contributed by atoms with Crippen molar-refractivity contribution in [1.82, 2.24) is 0 Å². The van der Waals surface area contributed by atoms with Gasteiger partial charge in [0, 0.05) is 11.8 Å². The lowest BCUT2D eigenvalue weighted by molar-refractivity contribution is -0.384. The number of rotatable bonds is 3. The first kappa shape index (κ1) is 14.4. The van der Waals surface area contributed by atoms with Gasteiger partial charge >= 0.3 is 0 Å². The molecule has 6 nitrogen and oxygen atoms in total. The number of furan rings is 1. The number of nitrogens with zero attached hydrogens (tertiary/aromatic N) is 1. The van der Waals surface area contributed by atoms with E-state index in [1.165, 1.54) is 24.3 Å². The zero-order valence-corrected chi connectivity index (χ0v) is 11.7. The summed E-state index contributed by atoms with van der Waals surface area (Å²) in [6.45, 7) is 1.62. The largest absolute Gasteiger partial charge is 0.440 e. The summed E-state index contributed by atoms with van der Waals surface area (Å²) < 4.78 is 4.96. The van der Waals surface area contributed by atoms with Crippen LogP contribution in [0.3, 0.4) is 0 Å². The molecule has 0 aliphatic rings. The minimum absolute atomic E-state index is 0.0314. The molecule has 0 aliphatic carbocycles. The van der Waals surface area contributed by atoms with Crippen molar-refractivity contribution in [3.05, 3.63) is 55.9 Å². The number of aryl methyl sites for hydroxylation is 1. The normalized spacial score (nSPS) is 10.3. The minimum Gasteiger partial charge on any atom is -0.440 e. The van der Waals surface area contributed by atoms with E-state index < -0.39 is 10.8 Å². The highest BCUT2D eigenvalue weighted by Gasteiger charge is 2.17. The molecule has 1 aromatic carbocycles. The number of anilines is 1. The Labute approximate surface area is 123 Å². The lowest BCUT2D eigenvalue weighted by atomic mass is 10.1. The Morgan fingerprint density at radius 1 is 1.35 bits per heavy atom. The summed E-state index contributed by atoms with van der Waals surface area (Å²) in [5, 5.41) is 13.3. The van der Waals surface area contributed by atoms with Crippen LogP contribution in [-0.2, 0) is 0 Å². The topological polar surface area (TPSA) is 85.4 Å². The summed E-state index contributed by atoms with van der Waals surface area (Å²) in [5.74, 6) is -0.492. The standard InChI is InChI=1S/C12H8Cl2N2O4/c1-6-4-9(16(18)19)7(13)5-8(6)15-12(17)10-2-3-11(14)20-10/h2-5H,1H3,(H,15,17). The Morgan fingerprint density at radius 3 is 2.60 bits per heavy atom. The molecule has 1 N–H and O–H groups in total. The maximum atomic E-state index is 11.9. The smallest absolute Gasteiger partial charge is 0.291 e. The molecule has 104 valence electrons. The van der Waals surface area contributed by atoms with Gasteiger partial charge in [-0.15, -0.1) is 0 Å². The number of carbonyl (C=O) groups excluding carboxylic acids is 1. The maximum absolute atomic E-state index is 11.9. The second kappa shape index (κ2) is 5.52. The van der Waals surface area contributed by atoms with Gasteiger partial charge in [0.15, 0.2) is 11.0 Å². The first-order chi connectivity index (χ1) is 9.38. The van der Waals surface area contributed by atoms with Gasteiger partial charge in [-0.2, -0.15) is 0 Å². The molecule has 0 spiro atoms. The van der Waals surface area contributed by atoms with E-state index >= 15 is 0 Å². The van der Waals surface area contributed by atoms with Gasteiger partial charge < -0.3 is 9.73 Å². The highest BCUT2D eigenvalue weighted by Crippen LogP contribution is 2.30. The van der Waals surface area contributed by atoms with E-state index in [4.69, 9.17) is 27.6 Å². The van der Waals surface area contributed by atoms with Crippen LogP contribution in [0.15, 0.2) is 28.7 Å². The Bertz CT molecular complexity index is 697. The molecule has 20 heavy (non-hydrogen) atoms. The lowest BCUT2D eigenvalue weighted by Gasteiger charge is -2.07. The third-order valence-corrected chi connectivity index (χ3v) is 3.04. The second-order valence-corrected chi connectivity index (χ2v) is 4.71. The van der Waals surface area contributed by atoms with Crippen molar-refractivity contribution in [2.75, 3.05) is 5.32 Å². The summed E-state index contributed by atoms with van der Waals surface area (Å²) in [6.07, 6.45) is 0. The number of nitro groups is 1. The van der Waals surface area contributed by atoms with E-state index in [1.807, 2.05) is 0 Å². The van der Waals surface area contributed by atoms with Crippen molar-refractivity contribution >= 4 is 40.5 Å². The molecule has 0 radical (unpaired) electrons. The number of amides is 1. The van der Waals surface area contributed by atoms with Crippen LogP contribution in [-0.4, -0.2) is 10.8 Å². The van der Waals surface area contributed by atoms with Crippen LogP contribution < -0.4 is 5.32 Å². The van der Waals surface area contributed by atoms with Gasteiger partial charge in [-0.25, -0.2) is 0 Å². The van der Waals surface area contributed by atoms with Crippen LogP contribution in [0.25, 0.3) is 0 Å². The van der Waals surface area contributed by atoms with E-state index in [-0.39, 0.29) is 21.7 Å². The van der Waals surface area contributed by atoms with Crippen molar-refractivity contribution in [3.8, 4) is 0 Å². The zero-order chi connectivity index (χ0) is 14.9. The van der Waals surface area contributed by atoms with E-state index in [0.29, 0.717) is 11.3 Å². The van der Waals surface area contributed by atoms with Gasteiger partial charge in [0.05, 0.1) is 4.92 Å². The fourth-order valence-electron chi connectivity index (χ4n) is 1.56. The molecule has 2 aromatic rings. The van der Waals surface area contributed by atoms with Crippen LogP contribution in [0.4, 0.5) is 11.4 Å². The monoisotopic (exact) mass is 314 g/mol. The summed E-state index contributed by atoms with van der Waals surface area (Å²) in [6, 6.07) is 5.46. The van der Waals surface area contributed by atoms with Crippen molar-refractivity contribution in [1.29, 1.82) is 0 Å². The molecular formula is C12H8Cl2N2O4. The molecule has 0 aliphatic heterocycles. The molecule has 0 bridgehead atoms. The second-order valence-electron chi connectivity index (χ2n) is 3.93. The third-order valence-electron chi connectivity index (χ3n) is 2.54. The van der Waals surface area contributed by atoms with Gasteiger partial charge in [0.2, 0.25) is 0 Å². The predicted octanol–water partition coefficient (Wildman–Crippen LogP) is 4.06. The van der Waals surface area contributed by atoms with Gasteiger partial charge in [-0.05, 0) is 42.3 Å². The number of nitro benzene ring substituents is 1. The van der Waals surface area contributed by atoms with Crippen molar-refractivity contribution in [3.63, 3.8) is 0 Å². The Balaban J connectivity index is 2.28.